The summed E-state index contributed by atoms with van der Waals surface area (Å²) in [5, 5.41) is 8.85. The Morgan fingerprint density at radius 2 is 2.21 bits per heavy atom. The van der Waals surface area contributed by atoms with E-state index in [2.05, 4.69) is 17.9 Å². The van der Waals surface area contributed by atoms with Gasteiger partial charge in [0.25, 0.3) is 0 Å². The highest BCUT2D eigenvalue weighted by atomic mass is 16.5. The van der Waals surface area contributed by atoms with Gasteiger partial charge in [-0.3, -0.25) is 9.69 Å². The van der Waals surface area contributed by atoms with E-state index in [0.717, 1.165) is 24.1 Å². The lowest BCUT2D eigenvalue weighted by molar-refractivity contribution is -0.142. The minimum Gasteiger partial charge on any atom is -0.468 e. The molecule has 0 aromatic heterocycles. The van der Waals surface area contributed by atoms with Crippen LogP contribution < -0.4 is 0 Å². The predicted molar refractivity (Wildman–Crippen MR) is 73.5 cm³/mol. The quantitative estimate of drug-likeness (QED) is 0.736. The van der Waals surface area contributed by atoms with Crippen LogP contribution in [0.4, 0.5) is 0 Å². The molecule has 0 aliphatic heterocycles. The Hall–Kier alpha value is -1.86. The molecule has 0 aliphatic carbocycles. The van der Waals surface area contributed by atoms with Crippen molar-refractivity contribution in [2.24, 2.45) is 0 Å². The second-order valence-corrected chi connectivity index (χ2v) is 4.54. The number of carbonyl (C=O) groups is 1. The van der Waals surface area contributed by atoms with Crippen molar-refractivity contribution < 1.29 is 9.53 Å². The number of carbonyl (C=O) groups excluding carboxylic acids is 1. The smallest absolute Gasteiger partial charge is 0.319 e. The molecule has 0 spiro atoms. The van der Waals surface area contributed by atoms with E-state index in [1.54, 1.807) is 0 Å². The van der Waals surface area contributed by atoms with Crippen molar-refractivity contribution >= 4 is 5.97 Å². The fourth-order valence-electron chi connectivity index (χ4n) is 1.96. The molecule has 1 rings (SSSR count). The van der Waals surface area contributed by atoms with E-state index >= 15 is 0 Å². The Bertz CT molecular complexity index is 478. The van der Waals surface area contributed by atoms with Gasteiger partial charge in [-0.2, -0.15) is 5.26 Å². The Labute approximate surface area is 114 Å². The van der Waals surface area contributed by atoms with Gasteiger partial charge < -0.3 is 4.74 Å². The maximum Gasteiger partial charge on any atom is 0.319 e. The van der Waals surface area contributed by atoms with E-state index < -0.39 is 0 Å². The average molecular weight is 260 g/mol. The van der Waals surface area contributed by atoms with Crippen LogP contribution in [0.25, 0.3) is 0 Å². The first-order valence-corrected chi connectivity index (χ1v) is 6.39. The molecule has 1 aromatic rings. The zero-order chi connectivity index (χ0) is 14.3. The largest absolute Gasteiger partial charge is 0.468 e. The number of aryl methyl sites for hydroxylation is 1. The molecule has 0 atom stereocenters. The molecule has 0 N–H and O–H groups in total. The Morgan fingerprint density at radius 3 is 2.74 bits per heavy atom. The zero-order valence-corrected chi connectivity index (χ0v) is 11.8. The SMILES string of the molecule is CCCN(CC(=O)OC)Cc1ccc(C#N)cc1C. The summed E-state index contributed by atoms with van der Waals surface area (Å²) in [7, 11) is 1.40. The highest BCUT2D eigenvalue weighted by Gasteiger charge is 2.12. The number of nitriles is 1. The summed E-state index contributed by atoms with van der Waals surface area (Å²) in [5.41, 5.74) is 2.87. The van der Waals surface area contributed by atoms with E-state index in [9.17, 15) is 4.79 Å². The van der Waals surface area contributed by atoms with Crippen LogP contribution in [0, 0.1) is 18.3 Å². The molecule has 4 nitrogen and oxygen atoms in total. The van der Waals surface area contributed by atoms with Gasteiger partial charge in [0.1, 0.15) is 0 Å². The number of rotatable bonds is 6. The van der Waals surface area contributed by atoms with Crippen LogP contribution in [-0.4, -0.2) is 31.1 Å². The number of methoxy groups -OCH3 is 1. The summed E-state index contributed by atoms with van der Waals surface area (Å²) >= 11 is 0. The van der Waals surface area contributed by atoms with Gasteiger partial charge in [-0.1, -0.05) is 13.0 Å². The highest BCUT2D eigenvalue weighted by molar-refractivity contribution is 5.71. The molecular formula is C15H20N2O2. The summed E-state index contributed by atoms with van der Waals surface area (Å²) in [4.78, 5) is 13.4. The number of benzene rings is 1. The molecule has 0 radical (unpaired) electrons. The van der Waals surface area contributed by atoms with E-state index in [4.69, 9.17) is 10.00 Å². The van der Waals surface area contributed by atoms with Crippen molar-refractivity contribution in [3.8, 4) is 6.07 Å². The first kappa shape index (κ1) is 15.2. The molecule has 102 valence electrons. The maximum absolute atomic E-state index is 11.4. The number of nitrogens with zero attached hydrogens (tertiary/aromatic N) is 2. The van der Waals surface area contributed by atoms with Crippen LogP contribution in [0.2, 0.25) is 0 Å². The monoisotopic (exact) mass is 260 g/mol. The first-order chi connectivity index (χ1) is 9.10. The lowest BCUT2D eigenvalue weighted by Crippen LogP contribution is -2.31. The van der Waals surface area contributed by atoms with E-state index in [1.807, 2.05) is 25.1 Å². The van der Waals surface area contributed by atoms with Crippen molar-refractivity contribution in [1.29, 1.82) is 5.26 Å². The Kier molecular flexibility index (Phi) is 6.04. The zero-order valence-electron chi connectivity index (χ0n) is 11.8. The summed E-state index contributed by atoms with van der Waals surface area (Å²) in [6, 6.07) is 7.76. The molecule has 0 saturated carbocycles. The number of hydrogen-bond donors (Lipinski definition) is 0. The fraction of sp³-hybridized carbons (Fsp3) is 0.467. The third-order valence-corrected chi connectivity index (χ3v) is 2.99. The van der Waals surface area contributed by atoms with Gasteiger partial charge in [0.2, 0.25) is 0 Å². The summed E-state index contributed by atoms with van der Waals surface area (Å²) in [6.07, 6.45) is 0.978. The number of hydrogen-bond acceptors (Lipinski definition) is 4. The van der Waals surface area contributed by atoms with Gasteiger partial charge >= 0.3 is 5.97 Å². The van der Waals surface area contributed by atoms with Crippen molar-refractivity contribution in [3.05, 3.63) is 34.9 Å². The molecule has 1 aromatic carbocycles. The Balaban J connectivity index is 2.78. The molecule has 4 heteroatoms. The summed E-state index contributed by atoms with van der Waals surface area (Å²) in [6.45, 7) is 5.90. The van der Waals surface area contributed by atoms with Crippen molar-refractivity contribution in [2.75, 3.05) is 20.2 Å². The van der Waals surface area contributed by atoms with Gasteiger partial charge in [0.15, 0.2) is 0 Å². The minimum atomic E-state index is -0.222. The van der Waals surface area contributed by atoms with Crippen LogP contribution in [0.1, 0.15) is 30.0 Å². The average Bonchev–Trinajstić information content (AvgIpc) is 2.41. The molecule has 0 aliphatic rings. The van der Waals surface area contributed by atoms with Gasteiger partial charge in [-0.05, 0) is 43.1 Å². The first-order valence-electron chi connectivity index (χ1n) is 6.39. The van der Waals surface area contributed by atoms with Crippen molar-refractivity contribution in [3.63, 3.8) is 0 Å². The molecule has 0 amide bonds. The van der Waals surface area contributed by atoms with Crippen LogP contribution in [0.3, 0.4) is 0 Å². The predicted octanol–water partition coefficient (Wildman–Crippen LogP) is 2.25. The van der Waals surface area contributed by atoms with E-state index in [1.165, 1.54) is 7.11 Å². The molecule has 0 heterocycles. The van der Waals surface area contributed by atoms with Crippen molar-refractivity contribution in [1.82, 2.24) is 4.90 Å². The van der Waals surface area contributed by atoms with E-state index in [-0.39, 0.29) is 5.97 Å². The van der Waals surface area contributed by atoms with Crippen LogP contribution in [-0.2, 0) is 16.1 Å². The number of ether oxygens (including phenoxy) is 1. The summed E-state index contributed by atoms with van der Waals surface area (Å²) in [5.74, 6) is -0.222. The molecule has 0 unspecified atom stereocenters. The summed E-state index contributed by atoms with van der Waals surface area (Å²) < 4.78 is 4.71. The fourth-order valence-corrected chi connectivity index (χ4v) is 1.96. The van der Waals surface area contributed by atoms with Crippen LogP contribution in [0.15, 0.2) is 18.2 Å². The second-order valence-electron chi connectivity index (χ2n) is 4.54. The lowest BCUT2D eigenvalue weighted by Gasteiger charge is -2.21. The third kappa shape index (κ3) is 4.72. The molecule has 0 bridgehead atoms. The second kappa shape index (κ2) is 7.55. The maximum atomic E-state index is 11.4. The van der Waals surface area contributed by atoms with Crippen molar-refractivity contribution in [2.45, 2.75) is 26.8 Å². The van der Waals surface area contributed by atoms with Gasteiger partial charge in [-0.15, -0.1) is 0 Å². The molecular weight excluding hydrogens is 240 g/mol. The normalized spacial score (nSPS) is 10.3. The van der Waals surface area contributed by atoms with Crippen LogP contribution in [0.5, 0.6) is 0 Å². The molecule has 0 fully saturated rings. The Morgan fingerprint density at radius 1 is 1.47 bits per heavy atom. The molecule has 19 heavy (non-hydrogen) atoms. The van der Waals surface area contributed by atoms with Gasteiger partial charge in [0, 0.05) is 6.54 Å². The number of esters is 1. The van der Waals surface area contributed by atoms with E-state index in [0.29, 0.717) is 18.7 Å². The van der Waals surface area contributed by atoms with Gasteiger partial charge in [-0.25, -0.2) is 0 Å². The standard InChI is InChI=1S/C15H20N2O2/c1-4-7-17(11-15(18)19-3)10-14-6-5-13(9-16)8-12(14)2/h5-6,8H,4,7,10-11H2,1-3H3. The minimum absolute atomic E-state index is 0.222. The topological polar surface area (TPSA) is 53.3 Å². The van der Waals surface area contributed by atoms with Crippen LogP contribution >= 0.6 is 0 Å². The lowest BCUT2D eigenvalue weighted by atomic mass is 10.1. The third-order valence-electron chi connectivity index (χ3n) is 2.99. The van der Waals surface area contributed by atoms with Gasteiger partial charge in [0.05, 0.1) is 25.3 Å². The molecule has 0 saturated heterocycles. The highest BCUT2D eigenvalue weighted by Crippen LogP contribution is 2.13.